The lowest BCUT2D eigenvalue weighted by molar-refractivity contribution is 0.102. The molecule has 0 saturated heterocycles. The van der Waals surface area contributed by atoms with E-state index >= 15 is 0 Å². The minimum Gasteiger partial charge on any atom is -0.313 e. The van der Waals surface area contributed by atoms with Crippen LogP contribution in [0.25, 0.3) is 31.6 Å². The molecule has 4 nitrogen and oxygen atoms in total. The zero-order chi connectivity index (χ0) is 22.4. The summed E-state index contributed by atoms with van der Waals surface area (Å²) in [4.78, 5) is 22.1. The van der Waals surface area contributed by atoms with Gasteiger partial charge in [-0.05, 0) is 53.6 Å². The summed E-state index contributed by atoms with van der Waals surface area (Å²) in [6, 6.07) is 22.3. The predicted octanol–water partition coefficient (Wildman–Crippen LogP) is 6.81. The minimum atomic E-state index is -0.0749. The summed E-state index contributed by atoms with van der Waals surface area (Å²) >= 11 is 3.41. The average molecular weight is 470 g/mol. The van der Waals surface area contributed by atoms with Crippen molar-refractivity contribution in [3.63, 3.8) is 0 Å². The van der Waals surface area contributed by atoms with E-state index in [0.717, 1.165) is 57.9 Å². The molecule has 6 heteroatoms. The van der Waals surface area contributed by atoms with Gasteiger partial charge in [-0.15, -0.1) is 22.7 Å². The largest absolute Gasteiger partial charge is 0.313 e. The quantitative estimate of drug-likeness (QED) is 0.314. The van der Waals surface area contributed by atoms with Gasteiger partial charge in [0.15, 0.2) is 0 Å². The molecule has 6 rings (SSSR count). The van der Waals surface area contributed by atoms with Gasteiger partial charge in [0, 0.05) is 29.1 Å². The zero-order valence-corrected chi connectivity index (χ0v) is 19.9. The highest BCUT2D eigenvalue weighted by atomic mass is 32.1. The summed E-state index contributed by atoms with van der Waals surface area (Å²) in [5, 5.41) is 7.36. The molecule has 1 amide bonds. The highest BCUT2D eigenvalue weighted by Crippen LogP contribution is 2.45. The fourth-order valence-corrected chi connectivity index (χ4v) is 6.92. The Balaban J connectivity index is 1.42. The Labute approximate surface area is 200 Å². The van der Waals surface area contributed by atoms with Gasteiger partial charge in [-0.2, -0.15) is 0 Å². The standard InChI is InChI=1S/C27H23N3OS2/c1-2-30-14-13-20-23(16-30)33-27(24(20)26-28-21-9-5-6-10-22(21)32-26)29-25(31)19-12-11-17-7-3-4-8-18(17)15-19/h3-12,15H,2,13-14,16H2,1H3,(H,29,31). The number of nitrogens with one attached hydrogen (secondary N) is 1. The van der Waals surface area contributed by atoms with Crippen molar-refractivity contribution in [3.8, 4) is 10.6 Å². The summed E-state index contributed by atoms with van der Waals surface area (Å²) in [7, 11) is 0. The Bertz CT molecular complexity index is 1470. The first kappa shape index (κ1) is 20.5. The number of benzene rings is 3. The number of hydrogen-bond donors (Lipinski definition) is 1. The SMILES string of the molecule is CCN1CCc2c(sc(NC(=O)c3ccc4ccccc4c3)c2-c2nc3ccccc3s2)C1. The topological polar surface area (TPSA) is 45.2 Å². The lowest BCUT2D eigenvalue weighted by Crippen LogP contribution is -2.29. The van der Waals surface area contributed by atoms with Crippen LogP contribution >= 0.6 is 22.7 Å². The van der Waals surface area contributed by atoms with Crippen molar-refractivity contribution in [1.82, 2.24) is 9.88 Å². The van der Waals surface area contributed by atoms with E-state index in [9.17, 15) is 4.79 Å². The van der Waals surface area contributed by atoms with Crippen LogP contribution in [0.3, 0.4) is 0 Å². The van der Waals surface area contributed by atoms with Crippen molar-refractivity contribution in [2.24, 2.45) is 0 Å². The van der Waals surface area contributed by atoms with E-state index in [1.807, 2.05) is 42.5 Å². The first-order chi connectivity index (χ1) is 16.2. The van der Waals surface area contributed by atoms with Crippen LogP contribution in [0.15, 0.2) is 66.7 Å². The number of likely N-dealkylation sites (N-methyl/N-ethyl adjacent to an activating group) is 1. The molecule has 5 aromatic rings. The molecule has 1 aliphatic heterocycles. The normalized spacial score (nSPS) is 14.0. The van der Waals surface area contributed by atoms with Crippen molar-refractivity contribution < 1.29 is 4.79 Å². The van der Waals surface area contributed by atoms with E-state index in [0.29, 0.717) is 5.56 Å². The third kappa shape index (κ3) is 3.74. The molecule has 164 valence electrons. The molecule has 0 aliphatic carbocycles. The lowest BCUT2D eigenvalue weighted by Gasteiger charge is -2.25. The summed E-state index contributed by atoms with van der Waals surface area (Å²) in [6.07, 6.45) is 0.983. The number of thiophene rings is 1. The molecule has 0 saturated carbocycles. The predicted molar refractivity (Wildman–Crippen MR) is 139 cm³/mol. The number of nitrogens with zero attached hydrogens (tertiary/aromatic N) is 2. The fourth-order valence-electron chi connectivity index (χ4n) is 4.53. The van der Waals surface area contributed by atoms with E-state index in [1.165, 1.54) is 15.1 Å². The number of fused-ring (bicyclic) bond motifs is 3. The smallest absolute Gasteiger partial charge is 0.256 e. The van der Waals surface area contributed by atoms with Crippen LogP contribution in [-0.4, -0.2) is 28.9 Å². The molecule has 1 aliphatic rings. The number of rotatable bonds is 4. The van der Waals surface area contributed by atoms with E-state index in [2.05, 4.69) is 41.4 Å². The van der Waals surface area contributed by atoms with E-state index in [-0.39, 0.29) is 5.91 Å². The first-order valence-electron chi connectivity index (χ1n) is 11.2. The summed E-state index contributed by atoms with van der Waals surface area (Å²) in [5.74, 6) is -0.0749. The summed E-state index contributed by atoms with van der Waals surface area (Å²) in [6.45, 7) is 5.21. The van der Waals surface area contributed by atoms with Gasteiger partial charge in [0.25, 0.3) is 5.91 Å². The van der Waals surface area contributed by atoms with Gasteiger partial charge >= 0.3 is 0 Å². The van der Waals surface area contributed by atoms with Crippen LogP contribution < -0.4 is 5.32 Å². The number of aromatic nitrogens is 1. The number of para-hydroxylation sites is 1. The number of hydrogen-bond acceptors (Lipinski definition) is 5. The molecule has 0 unspecified atom stereocenters. The van der Waals surface area contributed by atoms with Gasteiger partial charge in [-0.25, -0.2) is 4.98 Å². The van der Waals surface area contributed by atoms with E-state index < -0.39 is 0 Å². The number of anilines is 1. The fraction of sp³-hybridized carbons (Fsp3) is 0.185. The molecule has 2 aromatic heterocycles. The van der Waals surface area contributed by atoms with Gasteiger partial charge in [0.2, 0.25) is 0 Å². The Morgan fingerprint density at radius 3 is 2.70 bits per heavy atom. The first-order valence-corrected chi connectivity index (χ1v) is 12.9. The molecule has 3 heterocycles. The third-order valence-electron chi connectivity index (χ3n) is 6.33. The maximum atomic E-state index is 13.3. The molecule has 0 atom stereocenters. The van der Waals surface area contributed by atoms with Gasteiger partial charge in [-0.1, -0.05) is 49.4 Å². The van der Waals surface area contributed by atoms with Crippen molar-refractivity contribution in [2.75, 3.05) is 18.4 Å². The second-order valence-electron chi connectivity index (χ2n) is 8.33. The van der Waals surface area contributed by atoms with Gasteiger partial charge < -0.3 is 5.32 Å². The van der Waals surface area contributed by atoms with Crippen LogP contribution in [0.2, 0.25) is 0 Å². The number of thiazole rings is 1. The van der Waals surface area contributed by atoms with Crippen LogP contribution in [0, 0.1) is 0 Å². The van der Waals surface area contributed by atoms with Crippen molar-refractivity contribution in [1.29, 1.82) is 0 Å². The molecule has 1 N–H and O–H groups in total. The van der Waals surface area contributed by atoms with Gasteiger partial charge in [0.05, 0.1) is 10.2 Å². The molecule has 0 radical (unpaired) electrons. The number of carbonyl (C=O) groups is 1. The van der Waals surface area contributed by atoms with Crippen molar-refractivity contribution >= 4 is 54.6 Å². The van der Waals surface area contributed by atoms with Gasteiger partial charge in [0.1, 0.15) is 10.0 Å². The van der Waals surface area contributed by atoms with Crippen molar-refractivity contribution in [3.05, 3.63) is 82.7 Å². The second-order valence-corrected chi connectivity index (χ2v) is 10.5. The Morgan fingerprint density at radius 2 is 1.85 bits per heavy atom. The lowest BCUT2D eigenvalue weighted by atomic mass is 10.0. The Hall–Kier alpha value is -3.06. The molecule has 0 spiro atoms. The van der Waals surface area contributed by atoms with E-state index in [4.69, 9.17) is 4.98 Å². The van der Waals surface area contributed by atoms with Crippen LogP contribution in [0.1, 0.15) is 27.7 Å². The summed E-state index contributed by atoms with van der Waals surface area (Å²) < 4.78 is 1.17. The average Bonchev–Trinajstić information content (AvgIpc) is 3.43. The number of amides is 1. The molecule has 0 fully saturated rings. The van der Waals surface area contributed by atoms with Crippen molar-refractivity contribution in [2.45, 2.75) is 19.9 Å². The Kier molecular flexibility index (Phi) is 5.21. The Morgan fingerprint density at radius 1 is 1.03 bits per heavy atom. The van der Waals surface area contributed by atoms with Crippen LogP contribution in [0.5, 0.6) is 0 Å². The van der Waals surface area contributed by atoms with Gasteiger partial charge in [-0.3, -0.25) is 9.69 Å². The minimum absolute atomic E-state index is 0.0749. The van der Waals surface area contributed by atoms with E-state index in [1.54, 1.807) is 22.7 Å². The number of carbonyl (C=O) groups excluding carboxylic acids is 1. The highest BCUT2D eigenvalue weighted by Gasteiger charge is 2.27. The molecule has 33 heavy (non-hydrogen) atoms. The maximum absolute atomic E-state index is 13.3. The molecular weight excluding hydrogens is 446 g/mol. The van der Waals surface area contributed by atoms with Crippen LogP contribution in [-0.2, 0) is 13.0 Å². The monoisotopic (exact) mass is 469 g/mol. The molecule has 0 bridgehead atoms. The maximum Gasteiger partial charge on any atom is 0.256 e. The zero-order valence-electron chi connectivity index (χ0n) is 18.3. The second kappa shape index (κ2) is 8.37. The molecule has 3 aromatic carbocycles. The van der Waals surface area contributed by atoms with Crippen LogP contribution in [0.4, 0.5) is 5.00 Å². The molecular formula is C27H23N3OS2. The summed E-state index contributed by atoms with van der Waals surface area (Å²) in [5.41, 5.74) is 4.14. The third-order valence-corrected chi connectivity index (χ3v) is 8.52. The highest BCUT2D eigenvalue weighted by molar-refractivity contribution is 7.23.